The van der Waals surface area contributed by atoms with E-state index in [-0.39, 0.29) is 24.1 Å². The number of esters is 1. The zero-order valence-corrected chi connectivity index (χ0v) is 21.7. The molecule has 8 nitrogen and oxygen atoms in total. The van der Waals surface area contributed by atoms with E-state index in [0.717, 1.165) is 16.7 Å². The predicted octanol–water partition coefficient (Wildman–Crippen LogP) is 3.41. The third kappa shape index (κ3) is 5.51. The van der Waals surface area contributed by atoms with Crippen molar-refractivity contribution in [3.05, 3.63) is 81.8 Å². The zero-order valence-electron chi connectivity index (χ0n) is 21.7. The van der Waals surface area contributed by atoms with Gasteiger partial charge >= 0.3 is 12.0 Å². The molecule has 196 valence electrons. The minimum absolute atomic E-state index is 0.0586. The van der Waals surface area contributed by atoms with E-state index in [1.54, 1.807) is 31.0 Å². The Hall–Kier alpha value is -3.72. The number of nitrogens with zero attached hydrogens (tertiary/aromatic N) is 3. The van der Waals surface area contributed by atoms with Gasteiger partial charge in [0.15, 0.2) is 0 Å². The lowest BCUT2D eigenvalue weighted by Gasteiger charge is -2.39. The number of likely N-dealkylation sites (N-methyl/N-ethyl adjacent to an activating group) is 1. The maximum absolute atomic E-state index is 14.1. The molecule has 2 aromatic carbocycles. The molecular weight excluding hydrogens is 475 g/mol. The normalized spacial score (nSPS) is 18.6. The Bertz CT molecular complexity index is 1240. The predicted molar refractivity (Wildman–Crippen MR) is 137 cm³/mol. The number of amides is 3. The number of hydrogen-bond donors (Lipinski definition) is 1. The molecule has 2 aromatic rings. The fourth-order valence-electron chi connectivity index (χ4n) is 4.83. The van der Waals surface area contributed by atoms with Gasteiger partial charge in [-0.3, -0.25) is 14.6 Å². The van der Waals surface area contributed by atoms with Crippen LogP contribution in [0.25, 0.3) is 0 Å². The van der Waals surface area contributed by atoms with Gasteiger partial charge in [-0.2, -0.15) is 0 Å². The summed E-state index contributed by atoms with van der Waals surface area (Å²) in [6.07, 6.45) is 0. The number of piperazine rings is 1. The van der Waals surface area contributed by atoms with E-state index in [1.165, 1.54) is 17.0 Å². The van der Waals surface area contributed by atoms with Gasteiger partial charge in [0.05, 0.1) is 23.8 Å². The molecule has 1 saturated heterocycles. The summed E-state index contributed by atoms with van der Waals surface area (Å²) in [5.41, 5.74) is 3.87. The Balaban J connectivity index is 1.60. The summed E-state index contributed by atoms with van der Waals surface area (Å²) < 4.78 is 19.6. The molecular formula is C28H33FN4O4. The van der Waals surface area contributed by atoms with Crippen LogP contribution < -0.4 is 5.32 Å². The van der Waals surface area contributed by atoms with Crippen molar-refractivity contribution in [3.63, 3.8) is 0 Å². The number of carbonyl (C=O) groups excluding carboxylic acids is 3. The molecule has 1 fully saturated rings. The second-order valence-electron chi connectivity index (χ2n) is 9.43. The highest BCUT2D eigenvalue weighted by atomic mass is 19.1. The third-order valence-electron chi connectivity index (χ3n) is 6.96. The molecule has 9 heteroatoms. The van der Waals surface area contributed by atoms with Crippen LogP contribution in [0.4, 0.5) is 9.18 Å². The second kappa shape index (κ2) is 11.1. The van der Waals surface area contributed by atoms with Crippen molar-refractivity contribution >= 4 is 17.9 Å². The van der Waals surface area contributed by atoms with E-state index >= 15 is 0 Å². The van der Waals surface area contributed by atoms with Crippen LogP contribution in [-0.2, 0) is 9.53 Å². The smallest absolute Gasteiger partial charge is 0.338 e. The molecule has 1 atom stereocenters. The number of aryl methyl sites for hydroxylation is 2. The molecule has 0 saturated carbocycles. The van der Waals surface area contributed by atoms with Gasteiger partial charge in [-0.1, -0.05) is 35.9 Å². The summed E-state index contributed by atoms with van der Waals surface area (Å²) in [4.78, 5) is 44.3. The van der Waals surface area contributed by atoms with Crippen molar-refractivity contribution in [1.29, 1.82) is 0 Å². The molecule has 1 unspecified atom stereocenters. The number of carbonyl (C=O) groups is 3. The Morgan fingerprint density at radius 2 is 1.78 bits per heavy atom. The summed E-state index contributed by atoms with van der Waals surface area (Å²) in [6.45, 7) is 8.07. The van der Waals surface area contributed by atoms with E-state index in [1.807, 2.05) is 32.0 Å². The molecule has 1 N–H and O–H groups in total. The van der Waals surface area contributed by atoms with Crippen LogP contribution in [0, 0.1) is 19.7 Å². The number of nitrogens with one attached hydrogen (secondary N) is 1. The Kier molecular flexibility index (Phi) is 7.92. The van der Waals surface area contributed by atoms with E-state index in [4.69, 9.17) is 4.74 Å². The maximum atomic E-state index is 14.1. The SMILES string of the molecule is CCOC(=O)C1=C(CN2CCN(C(=O)c3ccccc3F)CC2)N(C)C(=O)NC1c1cc(C)ccc1C. The molecule has 0 spiro atoms. The number of hydrogen-bond acceptors (Lipinski definition) is 5. The maximum Gasteiger partial charge on any atom is 0.338 e. The van der Waals surface area contributed by atoms with Gasteiger partial charge in [0, 0.05) is 45.5 Å². The molecule has 0 bridgehead atoms. The van der Waals surface area contributed by atoms with Crippen molar-refractivity contribution in [2.45, 2.75) is 26.8 Å². The van der Waals surface area contributed by atoms with Gasteiger partial charge in [0.25, 0.3) is 5.91 Å². The van der Waals surface area contributed by atoms with Crippen LogP contribution in [0.5, 0.6) is 0 Å². The van der Waals surface area contributed by atoms with Crippen LogP contribution in [0.15, 0.2) is 53.7 Å². The monoisotopic (exact) mass is 508 g/mol. The van der Waals surface area contributed by atoms with Gasteiger partial charge in [0.1, 0.15) is 5.82 Å². The first kappa shape index (κ1) is 26.3. The minimum atomic E-state index is -0.637. The van der Waals surface area contributed by atoms with Crippen molar-refractivity contribution in [2.24, 2.45) is 0 Å². The standard InChI is InChI=1S/C28H33FN4O4/c1-5-37-27(35)24-23(31(4)28(36)30-25(24)21-16-18(2)10-11-19(21)3)17-32-12-14-33(15-13-32)26(34)20-8-6-7-9-22(20)29/h6-11,16,25H,5,12-15,17H2,1-4H3,(H,30,36). The zero-order chi connectivity index (χ0) is 26.7. The van der Waals surface area contributed by atoms with Crippen molar-refractivity contribution in [1.82, 2.24) is 20.0 Å². The summed E-state index contributed by atoms with van der Waals surface area (Å²) in [7, 11) is 1.64. The average Bonchev–Trinajstić information content (AvgIpc) is 2.88. The lowest BCUT2D eigenvalue weighted by atomic mass is 9.90. The third-order valence-corrected chi connectivity index (χ3v) is 6.96. The number of urea groups is 1. The molecule has 4 rings (SSSR count). The number of benzene rings is 2. The number of halogens is 1. The molecule has 0 aliphatic carbocycles. The fraction of sp³-hybridized carbons (Fsp3) is 0.393. The van der Waals surface area contributed by atoms with Gasteiger partial charge in [0.2, 0.25) is 0 Å². The first-order valence-electron chi connectivity index (χ1n) is 12.5. The van der Waals surface area contributed by atoms with Gasteiger partial charge in [-0.25, -0.2) is 14.0 Å². The van der Waals surface area contributed by atoms with Crippen LogP contribution in [-0.4, -0.2) is 79.0 Å². The summed E-state index contributed by atoms with van der Waals surface area (Å²) in [6, 6.07) is 11.0. The highest BCUT2D eigenvalue weighted by molar-refractivity contribution is 5.95. The van der Waals surface area contributed by atoms with E-state index in [9.17, 15) is 18.8 Å². The average molecular weight is 509 g/mol. The topological polar surface area (TPSA) is 82.2 Å². The summed E-state index contributed by atoms with van der Waals surface area (Å²) in [5.74, 6) is -1.34. The largest absolute Gasteiger partial charge is 0.463 e. The van der Waals surface area contributed by atoms with Crippen LogP contribution in [0.1, 0.15) is 40.0 Å². The molecule has 37 heavy (non-hydrogen) atoms. The Labute approximate surface area is 216 Å². The van der Waals surface area contributed by atoms with Crippen molar-refractivity contribution < 1.29 is 23.5 Å². The van der Waals surface area contributed by atoms with Gasteiger partial charge in [-0.05, 0) is 44.0 Å². The Morgan fingerprint density at radius 3 is 2.46 bits per heavy atom. The van der Waals surface area contributed by atoms with Crippen LogP contribution in [0.2, 0.25) is 0 Å². The molecule has 2 heterocycles. The molecule has 0 aromatic heterocycles. The molecule has 3 amide bonds. The highest BCUT2D eigenvalue weighted by Crippen LogP contribution is 2.33. The van der Waals surface area contributed by atoms with E-state index in [2.05, 4.69) is 10.2 Å². The van der Waals surface area contributed by atoms with Crippen LogP contribution >= 0.6 is 0 Å². The number of ether oxygens (including phenoxy) is 1. The van der Waals surface area contributed by atoms with Gasteiger partial charge < -0.3 is 15.0 Å². The quantitative estimate of drug-likeness (QED) is 0.605. The number of rotatable bonds is 6. The first-order chi connectivity index (χ1) is 17.7. The highest BCUT2D eigenvalue weighted by Gasteiger charge is 2.38. The van der Waals surface area contributed by atoms with Crippen molar-refractivity contribution in [2.75, 3.05) is 46.4 Å². The van der Waals surface area contributed by atoms with E-state index in [0.29, 0.717) is 44.0 Å². The molecule has 2 aliphatic heterocycles. The lowest BCUT2D eigenvalue weighted by Crippen LogP contribution is -2.53. The van der Waals surface area contributed by atoms with Gasteiger partial charge in [-0.15, -0.1) is 0 Å². The Morgan fingerprint density at radius 1 is 1.08 bits per heavy atom. The minimum Gasteiger partial charge on any atom is -0.463 e. The molecule has 2 aliphatic rings. The second-order valence-corrected chi connectivity index (χ2v) is 9.43. The summed E-state index contributed by atoms with van der Waals surface area (Å²) in [5, 5.41) is 2.97. The van der Waals surface area contributed by atoms with Crippen LogP contribution in [0.3, 0.4) is 0 Å². The fourth-order valence-corrected chi connectivity index (χ4v) is 4.83. The molecule has 0 radical (unpaired) electrons. The lowest BCUT2D eigenvalue weighted by molar-refractivity contribution is -0.139. The van der Waals surface area contributed by atoms with E-state index < -0.39 is 17.8 Å². The first-order valence-corrected chi connectivity index (χ1v) is 12.5. The summed E-state index contributed by atoms with van der Waals surface area (Å²) >= 11 is 0. The van der Waals surface area contributed by atoms with Crippen molar-refractivity contribution in [3.8, 4) is 0 Å².